The van der Waals surface area contributed by atoms with Gasteiger partial charge in [0.05, 0.1) is 17.6 Å². The van der Waals surface area contributed by atoms with E-state index in [9.17, 15) is 4.79 Å². The quantitative estimate of drug-likeness (QED) is 0.650. The van der Waals surface area contributed by atoms with E-state index in [1.54, 1.807) is 11.3 Å². The molecule has 0 aromatic carbocycles. The van der Waals surface area contributed by atoms with Crippen molar-refractivity contribution in [3.63, 3.8) is 0 Å². The Morgan fingerprint density at radius 2 is 2.38 bits per heavy atom. The maximum atomic E-state index is 10.7. The summed E-state index contributed by atoms with van der Waals surface area (Å²) in [7, 11) is 0. The molecule has 3 nitrogen and oxygen atoms in total. The molecule has 0 aliphatic heterocycles. The second-order valence-electron chi connectivity index (χ2n) is 3.44. The first-order valence-electron chi connectivity index (χ1n) is 5.02. The van der Waals surface area contributed by atoms with Crippen molar-refractivity contribution in [2.75, 3.05) is 6.61 Å². The van der Waals surface area contributed by atoms with Gasteiger partial charge >= 0.3 is 5.97 Å². The van der Waals surface area contributed by atoms with Crippen LogP contribution in [0.5, 0.6) is 0 Å². The molecule has 1 rings (SSSR count). The molecule has 0 aliphatic carbocycles. The van der Waals surface area contributed by atoms with E-state index in [0.717, 1.165) is 11.4 Å². The first kappa shape index (κ1) is 13.1. The van der Waals surface area contributed by atoms with Crippen molar-refractivity contribution in [3.05, 3.63) is 22.4 Å². The van der Waals surface area contributed by atoms with Crippen LogP contribution < -0.4 is 5.32 Å². The molecule has 1 atom stereocenters. The standard InChI is InChI=1S/C11H15NO2S2/c1-8(15)12-11(3-5-14-9(2)13)10-4-6-16-7-10/h4,6-7,11H,3,5H2,1-2H3,(H,12,15). The lowest BCUT2D eigenvalue weighted by molar-refractivity contribution is -0.141. The van der Waals surface area contributed by atoms with Gasteiger partial charge in [0.25, 0.3) is 0 Å². The SMILES string of the molecule is CC(=O)OCCC(NC(C)=S)c1ccsc1. The van der Waals surface area contributed by atoms with E-state index in [2.05, 4.69) is 10.7 Å². The van der Waals surface area contributed by atoms with Crippen LogP contribution in [0, 0.1) is 0 Å². The highest BCUT2D eigenvalue weighted by Gasteiger charge is 2.12. The third-order valence-corrected chi connectivity index (χ3v) is 2.85. The van der Waals surface area contributed by atoms with E-state index in [1.807, 2.05) is 18.4 Å². The number of ether oxygens (including phenoxy) is 1. The van der Waals surface area contributed by atoms with E-state index in [4.69, 9.17) is 17.0 Å². The van der Waals surface area contributed by atoms with Gasteiger partial charge in [-0.25, -0.2) is 0 Å². The number of nitrogens with one attached hydrogen (secondary N) is 1. The molecule has 1 aromatic heterocycles. The highest BCUT2D eigenvalue weighted by atomic mass is 32.1. The smallest absolute Gasteiger partial charge is 0.302 e. The predicted molar refractivity (Wildman–Crippen MR) is 69.7 cm³/mol. The summed E-state index contributed by atoms with van der Waals surface area (Å²) in [5.74, 6) is -0.247. The summed E-state index contributed by atoms with van der Waals surface area (Å²) < 4.78 is 4.93. The maximum absolute atomic E-state index is 10.7. The largest absolute Gasteiger partial charge is 0.466 e. The lowest BCUT2D eigenvalue weighted by Gasteiger charge is -2.17. The summed E-state index contributed by atoms with van der Waals surface area (Å²) >= 11 is 6.68. The van der Waals surface area contributed by atoms with Gasteiger partial charge in [-0.05, 0) is 29.3 Å². The van der Waals surface area contributed by atoms with Gasteiger partial charge in [-0.3, -0.25) is 4.79 Å². The number of thiocarbonyl (C=S) groups is 1. The van der Waals surface area contributed by atoms with E-state index in [1.165, 1.54) is 12.5 Å². The van der Waals surface area contributed by atoms with Crippen LogP contribution in [0.15, 0.2) is 16.8 Å². The van der Waals surface area contributed by atoms with Gasteiger partial charge in [0.15, 0.2) is 0 Å². The Hall–Kier alpha value is -0.940. The van der Waals surface area contributed by atoms with Crippen molar-refractivity contribution in [2.45, 2.75) is 26.3 Å². The molecule has 0 aliphatic rings. The second-order valence-corrected chi connectivity index (χ2v) is 4.83. The van der Waals surface area contributed by atoms with Crippen LogP contribution in [0.3, 0.4) is 0 Å². The second kappa shape index (κ2) is 6.60. The van der Waals surface area contributed by atoms with E-state index < -0.39 is 0 Å². The van der Waals surface area contributed by atoms with Crippen LogP contribution in [0.4, 0.5) is 0 Å². The fourth-order valence-corrected chi connectivity index (χ4v) is 2.22. The molecule has 0 radical (unpaired) electrons. The summed E-state index contributed by atoms with van der Waals surface area (Å²) in [5.41, 5.74) is 1.18. The predicted octanol–water partition coefficient (Wildman–Crippen LogP) is 2.68. The number of carbonyl (C=O) groups is 1. The molecule has 1 aromatic rings. The lowest BCUT2D eigenvalue weighted by Crippen LogP contribution is -2.25. The number of carbonyl (C=O) groups excluding carboxylic acids is 1. The number of rotatable bonds is 5. The molecule has 0 amide bonds. The highest BCUT2D eigenvalue weighted by Crippen LogP contribution is 2.19. The normalized spacial score (nSPS) is 11.9. The lowest BCUT2D eigenvalue weighted by atomic mass is 10.1. The fraction of sp³-hybridized carbons (Fsp3) is 0.455. The molecular weight excluding hydrogens is 242 g/mol. The minimum absolute atomic E-state index is 0.128. The van der Waals surface area contributed by atoms with Crippen LogP contribution in [0.2, 0.25) is 0 Å². The van der Waals surface area contributed by atoms with E-state index in [0.29, 0.717) is 6.61 Å². The van der Waals surface area contributed by atoms with Gasteiger partial charge in [-0.15, -0.1) is 0 Å². The van der Waals surface area contributed by atoms with Crippen molar-refractivity contribution in [1.29, 1.82) is 0 Å². The zero-order valence-electron chi connectivity index (χ0n) is 9.36. The number of hydrogen-bond donors (Lipinski definition) is 1. The Balaban J connectivity index is 2.51. The summed E-state index contributed by atoms with van der Waals surface area (Å²) in [6.45, 7) is 3.67. The Kier molecular flexibility index (Phi) is 5.42. The number of hydrogen-bond acceptors (Lipinski definition) is 4. The Morgan fingerprint density at radius 1 is 1.62 bits per heavy atom. The minimum Gasteiger partial charge on any atom is -0.466 e. The average Bonchev–Trinajstić information content (AvgIpc) is 2.67. The number of esters is 1. The van der Waals surface area contributed by atoms with Crippen molar-refractivity contribution >= 4 is 34.5 Å². The fourth-order valence-electron chi connectivity index (χ4n) is 1.36. The van der Waals surface area contributed by atoms with E-state index in [-0.39, 0.29) is 12.0 Å². The Morgan fingerprint density at radius 3 is 2.88 bits per heavy atom. The summed E-state index contributed by atoms with van der Waals surface area (Å²) in [4.78, 5) is 11.4. The zero-order chi connectivity index (χ0) is 12.0. The van der Waals surface area contributed by atoms with Crippen LogP contribution in [-0.2, 0) is 9.53 Å². The maximum Gasteiger partial charge on any atom is 0.302 e. The topological polar surface area (TPSA) is 38.3 Å². The molecule has 0 spiro atoms. The van der Waals surface area contributed by atoms with Gasteiger partial charge < -0.3 is 10.1 Å². The van der Waals surface area contributed by atoms with Gasteiger partial charge in [-0.2, -0.15) is 11.3 Å². The van der Waals surface area contributed by atoms with Crippen LogP contribution in [-0.4, -0.2) is 17.6 Å². The van der Waals surface area contributed by atoms with Crippen molar-refractivity contribution in [2.24, 2.45) is 0 Å². The molecule has 5 heteroatoms. The molecule has 16 heavy (non-hydrogen) atoms. The van der Waals surface area contributed by atoms with Gasteiger partial charge in [0.1, 0.15) is 0 Å². The molecule has 0 fully saturated rings. The molecular formula is C11H15NO2S2. The number of thiophene rings is 1. The van der Waals surface area contributed by atoms with Crippen LogP contribution in [0.1, 0.15) is 31.9 Å². The van der Waals surface area contributed by atoms with Gasteiger partial charge in [0, 0.05) is 13.3 Å². The third kappa shape index (κ3) is 4.72. The monoisotopic (exact) mass is 257 g/mol. The molecule has 1 heterocycles. The van der Waals surface area contributed by atoms with Gasteiger partial charge in [-0.1, -0.05) is 12.2 Å². The molecule has 1 unspecified atom stereocenters. The van der Waals surface area contributed by atoms with Crippen molar-refractivity contribution in [3.8, 4) is 0 Å². The molecule has 0 saturated carbocycles. The first-order valence-corrected chi connectivity index (χ1v) is 6.37. The van der Waals surface area contributed by atoms with E-state index >= 15 is 0 Å². The van der Waals surface area contributed by atoms with Gasteiger partial charge in [0.2, 0.25) is 0 Å². The Labute approximate surface area is 105 Å². The molecule has 0 bridgehead atoms. The summed E-state index contributed by atoms with van der Waals surface area (Å²) in [6.07, 6.45) is 0.726. The third-order valence-electron chi connectivity index (χ3n) is 2.03. The molecule has 0 saturated heterocycles. The van der Waals surface area contributed by atoms with Crippen molar-refractivity contribution < 1.29 is 9.53 Å². The first-order chi connectivity index (χ1) is 7.59. The summed E-state index contributed by atoms with van der Waals surface area (Å²) in [5, 5.41) is 7.30. The Bertz CT molecular complexity index is 349. The van der Waals surface area contributed by atoms with Crippen LogP contribution >= 0.6 is 23.6 Å². The zero-order valence-corrected chi connectivity index (χ0v) is 11.0. The minimum atomic E-state index is -0.247. The summed E-state index contributed by atoms with van der Waals surface area (Å²) in [6, 6.07) is 2.18. The highest BCUT2D eigenvalue weighted by molar-refractivity contribution is 7.80. The van der Waals surface area contributed by atoms with Crippen molar-refractivity contribution in [1.82, 2.24) is 5.32 Å². The van der Waals surface area contributed by atoms with Crippen LogP contribution in [0.25, 0.3) is 0 Å². The average molecular weight is 257 g/mol. The molecule has 1 N–H and O–H groups in total. The molecule has 88 valence electrons.